The van der Waals surface area contributed by atoms with Crippen molar-refractivity contribution in [2.24, 2.45) is 11.7 Å². The molecule has 0 atom stereocenters. The van der Waals surface area contributed by atoms with Crippen molar-refractivity contribution in [1.82, 2.24) is 10.2 Å². The molecule has 0 aromatic carbocycles. The van der Waals surface area contributed by atoms with Gasteiger partial charge < -0.3 is 11.1 Å². The summed E-state index contributed by atoms with van der Waals surface area (Å²) in [5.74, 6) is 0.305. The maximum absolute atomic E-state index is 11.1. The van der Waals surface area contributed by atoms with Crippen molar-refractivity contribution >= 4 is 11.7 Å². The number of nitrogens with two attached hydrogens (primary N) is 1. The second-order valence-electron chi connectivity index (χ2n) is 5.34. The van der Waals surface area contributed by atoms with E-state index < -0.39 is 0 Å². The average molecular weight is 273 g/mol. The molecule has 1 amide bonds. The topological polar surface area (TPSA) is 105 Å². The van der Waals surface area contributed by atoms with Crippen LogP contribution in [0, 0.1) is 31.1 Å². The van der Waals surface area contributed by atoms with Gasteiger partial charge in [0, 0.05) is 12.0 Å². The van der Waals surface area contributed by atoms with Crippen LogP contribution in [0.15, 0.2) is 0 Å². The fourth-order valence-electron chi connectivity index (χ4n) is 2.56. The first kappa shape index (κ1) is 14.3. The largest absolute Gasteiger partial charge is 0.369 e. The highest BCUT2D eigenvalue weighted by atomic mass is 16.1. The summed E-state index contributed by atoms with van der Waals surface area (Å²) in [6, 6.07) is 2.40. The van der Waals surface area contributed by atoms with Gasteiger partial charge in [-0.2, -0.15) is 10.4 Å². The lowest BCUT2D eigenvalue weighted by Crippen LogP contribution is -2.33. The zero-order chi connectivity index (χ0) is 14.7. The van der Waals surface area contributed by atoms with Crippen LogP contribution < -0.4 is 11.1 Å². The zero-order valence-electron chi connectivity index (χ0n) is 11.8. The van der Waals surface area contributed by atoms with Crippen molar-refractivity contribution in [3.63, 3.8) is 0 Å². The van der Waals surface area contributed by atoms with E-state index in [1.807, 2.05) is 13.8 Å². The maximum Gasteiger partial charge on any atom is 0.220 e. The summed E-state index contributed by atoms with van der Waals surface area (Å²) in [5, 5.41) is 20.7. The molecule has 1 aromatic heterocycles. The van der Waals surface area contributed by atoms with E-state index in [-0.39, 0.29) is 17.9 Å². The summed E-state index contributed by atoms with van der Waals surface area (Å²) < 4.78 is 0. The first-order valence-electron chi connectivity index (χ1n) is 6.82. The minimum absolute atomic E-state index is 0.0191. The molecule has 1 saturated carbocycles. The molecule has 0 bridgehead atoms. The van der Waals surface area contributed by atoms with Gasteiger partial charge in [0.1, 0.15) is 11.6 Å². The quantitative estimate of drug-likeness (QED) is 0.866. The van der Waals surface area contributed by atoms with Crippen molar-refractivity contribution in [2.75, 3.05) is 5.32 Å². The minimum Gasteiger partial charge on any atom is -0.369 e. The molecular formula is C14H19N5O. The van der Waals surface area contributed by atoms with Gasteiger partial charge in [-0.1, -0.05) is 0 Å². The molecule has 1 aliphatic carbocycles. The van der Waals surface area contributed by atoms with Crippen LogP contribution in [-0.2, 0) is 4.79 Å². The molecule has 1 aliphatic rings. The molecule has 1 heterocycles. The van der Waals surface area contributed by atoms with Crippen molar-refractivity contribution in [1.29, 1.82) is 5.26 Å². The standard InChI is InChI=1S/C14H19N5O/c1-8-9(2)18-19-14(12(8)7-15)17-11-5-3-10(4-6-11)13(16)20/h10-11H,3-6H2,1-2H3,(H2,16,20)(H,17,19). The van der Waals surface area contributed by atoms with Gasteiger partial charge in [0.2, 0.25) is 5.91 Å². The lowest BCUT2D eigenvalue weighted by molar-refractivity contribution is -0.122. The predicted molar refractivity (Wildman–Crippen MR) is 74.8 cm³/mol. The Morgan fingerprint density at radius 1 is 1.30 bits per heavy atom. The lowest BCUT2D eigenvalue weighted by Gasteiger charge is -2.27. The molecule has 0 saturated heterocycles. The van der Waals surface area contributed by atoms with E-state index in [9.17, 15) is 10.1 Å². The molecule has 106 valence electrons. The van der Waals surface area contributed by atoms with E-state index in [4.69, 9.17) is 5.73 Å². The molecule has 6 nitrogen and oxygen atoms in total. The molecule has 0 unspecified atom stereocenters. The van der Waals surface area contributed by atoms with E-state index in [0.717, 1.165) is 36.9 Å². The van der Waals surface area contributed by atoms with Crippen LogP contribution in [0.2, 0.25) is 0 Å². The number of carbonyl (C=O) groups is 1. The van der Waals surface area contributed by atoms with Crippen LogP contribution in [0.4, 0.5) is 5.82 Å². The van der Waals surface area contributed by atoms with Gasteiger partial charge in [-0.15, -0.1) is 5.10 Å². The second-order valence-corrected chi connectivity index (χ2v) is 5.34. The predicted octanol–water partition coefficient (Wildman–Crippen LogP) is 1.42. The second kappa shape index (κ2) is 5.87. The smallest absolute Gasteiger partial charge is 0.220 e. The van der Waals surface area contributed by atoms with Gasteiger partial charge in [0.15, 0.2) is 5.82 Å². The van der Waals surface area contributed by atoms with E-state index in [1.54, 1.807) is 0 Å². The number of hydrogen-bond acceptors (Lipinski definition) is 5. The molecular weight excluding hydrogens is 254 g/mol. The molecule has 1 aromatic rings. The Kier molecular flexibility index (Phi) is 4.18. The molecule has 0 radical (unpaired) electrons. The zero-order valence-corrected chi connectivity index (χ0v) is 11.8. The molecule has 3 N–H and O–H groups in total. The molecule has 20 heavy (non-hydrogen) atoms. The monoisotopic (exact) mass is 273 g/mol. The number of anilines is 1. The number of carbonyl (C=O) groups excluding carboxylic acids is 1. The van der Waals surface area contributed by atoms with E-state index in [0.29, 0.717) is 11.4 Å². The average Bonchev–Trinajstić information content (AvgIpc) is 2.44. The maximum atomic E-state index is 11.1. The fraction of sp³-hybridized carbons (Fsp3) is 0.571. The molecule has 1 fully saturated rings. The Bertz CT molecular complexity index is 555. The van der Waals surface area contributed by atoms with E-state index >= 15 is 0 Å². The van der Waals surface area contributed by atoms with Crippen LogP contribution in [0.1, 0.15) is 42.5 Å². The summed E-state index contributed by atoms with van der Waals surface area (Å²) in [5.41, 5.74) is 7.50. The normalized spacial score (nSPS) is 22.1. The number of hydrogen-bond donors (Lipinski definition) is 2. The number of nitrogens with zero attached hydrogens (tertiary/aromatic N) is 3. The molecule has 2 rings (SSSR count). The number of nitrogens with one attached hydrogen (secondary N) is 1. The number of primary amides is 1. The van der Waals surface area contributed by atoms with Gasteiger partial charge in [-0.25, -0.2) is 0 Å². The third-order valence-electron chi connectivity index (χ3n) is 4.04. The van der Waals surface area contributed by atoms with Gasteiger partial charge in [-0.3, -0.25) is 4.79 Å². The Balaban J connectivity index is 2.07. The van der Waals surface area contributed by atoms with Crippen LogP contribution in [0.25, 0.3) is 0 Å². The Morgan fingerprint density at radius 3 is 2.50 bits per heavy atom. The molecule has 0 aliphatic heterocycles. The lowest BCUT2D eigenvalue weighted by atomic mass is 9.85. The SMILES string of the molecule is Cc1nnc(NC2CCC(C(N)=O)CC2)c(C#N)c1C. The highest BCUT2D eigenvalue weighted by molar-refractivity contribution is 5.76. The van der Waals surface area contributed by atoms with Crippen LogP contribution in [0.5, 0.6) is 0 Å². The summed E-state index contributed by atoms with van der Waals surface area (Å²) in [4.78, 5) is 11.1. The van der Waals surface area contributed by atoms with Gasteiger partial charge >= 0.3 is 0 Å². The van der Waals surface area contributed by atoms with Gasteiger partial charge in [0.25, 0.3) is 0 Å². The third-order valence-corrected chi connectivity index (χ3v) is 4.04. The van der Waals surface area contributed by atoms with Crippen LogP contribution in [0.3, 0.4) is 0 Å². The Morgan fingerprint density at radius 2 is 1.95 bits per heavy atom. The molecule has 6 heteroatoms. The summed E-state index contributed by atoms with van der Waals surface area (Å²) in [6.07, 6.45) is 3.28. The number of aromatic nitrogens is 2. The summed E-state index contributed by atoms with van der Waals surface area (Å²) >= 11 is 0. The van der Waals surface area contributed by atoms with Crippen LogP contribution in [-0.4, -0.2) is 22.1 Å². The molecule has 0 spiro atoms. The third kappa shape index (κ3) is 2.87. The number of rotatable bonds is 3. The summed E-state index contributed by atoms with van der Waals surface area (Å²) in [7, 11) is 0. The fourth-order valence-corrected chi connectivity index (χ4v) is 2.56. The van der Waals surface area contributed by atoms with Gasteiger partial charge in [-0.05, 0) is 45.1 Å². The highest BCUT2D eigenvalue weighted by Crippen LogP contribution is 2.27. The van der Waals surface area contributed by atoms with Crippen molar-refractivity contribution < 1.29 is 4.79 Å². The number of nitriles is 1. The van der Waals surface area contributed by atoms with Crippen molar-refractivity contribution in [2.45, 2.75) is 45.6 Å². The van der Waals surface area contributed by atoms with E-state index in [1.165, 1.54) is 0 Å². The van der Waals surface area contributed by atoms with Crippen LogP contribution >= 0.6 is 0 Å². The van der Waals surface area contributed by atoms with Gasteiger partial charge in [0.05, 0.1) is 5.69 Å². The summed E-state index contributed by atoms with van der Waals surface area (Å²) in [6.45, 7) is 3.71. The Hall–Kier alpha value is -2.16. The first-order chi connectivity index (χ1) is 9.52. The number of amides is 1. The minimum atomic E-state index is -0.216. The first-order valence-corrected chi connectivity index (χ1v) is 6.82. The Labute approximate surface area is 118 Å². The van der Waals surface area contributed by atoms with E-state index in [2.05, 4.69) is 21.6 Å². The van der Waals surface area contributed by atoms with Crippen molar-refractivity contribution in [3.05, 3.63) is 16.8 Å². The number of aryl methyl sites for hydroxylation is 1. The highest BCUT2D eigenvalue weighted by Gasteiger charge is 2.25. The van der Waals surface area contributed by atoms with Crippen molar-refractivity contribution in [3.8, 4) is 6.07 Å².